The molecular formula is C30H29N5O4. The molecule has 0 spiro atoms. The molecule has 9 nitrogen and oxygen atoms in total. The molecule has 1 fully saturated rings. The highest BCUT2D eigenvalue weighted by molar-refractivity contribution is 6.11. The fourth-order valence-corrected chi connectivity index (χ4v) is 4.92. The molecule has 1 saturated heterocycles. The lowest BCUT2D eigenvalue weighted by molar-refractivity contribution is -0.111. The number of primary amides is 1. The molecule has 0 bridgehead atoms. The molecule has 6 N–H and O–H groups in total. The molecule has 0 unspecified atom stereocenters. The molecule has 3 aromatic carbocycles. The van der Waals surface area contributed by atoms with E-state index >= 15 is 0 Å². The van der Waals surface area contributed by atoms with Crippen LogP contribution in [0.3, 0.4) is 0 Å². The summed E-state index contributed by atoms with van der Waals surface area (Å²) in [5.74, 6) is -0.925. The van der Waals surface area contributed by atoms with Crippen LogP contribution in [-0.4, -0.2) is 53.9 Å². The molecule has 198 valence electrons. The van der Waals surface area contributed by atoms with E-state index in [9.17, 15) is 14.4 Å². The number of nitrogens with zero attached hydrogens (tertiary/aromatic N) is 1. The van der Waals surface area contributed by atoms with Crippen LogP contribution in [0, 0.1) is 0 Å². The SMILES string of the molecule is C=CC(=O)Nc1cccc(-c2ccc(C(N)=O)c3[nH]c(-c4ccc(C(=O)N5CCOCC5)cc4)cc23)c1CN. The number of amides is 3. The van der Waals surface area contributed by atoms with Crippen molar-refractivity contribution in [1.82, 2.24) is 9.88 Å². The Morgan fingerprint density at radius 2 is 1.77 bits per heavy atom. The van der Waals surface area contributed by atoms with E-state index < -0.39 is 5.91 Å². The Labute approximate surface area is 225 Å². The average molecular weight is 524 g/mol. The van der Waals surface area contributed by atoms with Crippen molar-refractivity contribution in [1.29, 1.82) is 0 Å². The molecule has 5 rings (SSSR count). The van der Waals surface area contributed by atoms with Crippen molar-refractivity contribution in [3.63, 3.8) is 0 Å². The third-order valence-electron chi connectivity index (χ3n) is 6.91. The number of aromatic amines is 1. The zero-order valence-electron chi connectivity index (χ0n) is 21.3. The van der Waals surface area contributed by atoms with E-state index in [1.807, 2.05) is 36.4 Å². The van der Waals surface area contributed by atoms with Gasteiger partial charge in [0.2, 0.25) is 5.91 Å². The fourth-order valence-electron chi connectivity index (χ4n) is 4.92. The van der Waals surface area contributed by atoms with Gasteiger partial charge >= 0.3 is 0 Å². The van der Waals surface area contributed by atoms with Crippen LogP contribution in [0.5, 0.6) is 0 Å². The zero-order chi connectivity index (χ0) is 27.5. The second-order valence-electron chi connectivity index (χ2n) is 9.21. The van der Waals surface area contributed by atoms with Crippen LogP contribution >= 0.6 is 0 Å². The van der Waals surface area contributed by atoms with E-state index in [2.05, 4.69) is 16.9 Å². The van der Waals surface area contributed by atoms with Gasteiger partial charge in [-0.05, 0) is 58.7 Å². The number of hydrogen-bond donors (Lipinski definition) is 4. The Morgan fingerprint density at radius 3 is 2.44 bits per heavy atom. The maximum absolute atomic E-state index is 12.9. The van der Waals surface area contributed by atoms with Gasteiger partial charge in [0.25, 0.3) is 11.8 Å². The molecule has 2 heterocycles. The van der Waals surface area contributed by atoms with E-state index in [-0.39, 0.29) is 18.4 Å². The van der Waals surface area contributed by atoms with Crippen molar-refractivity contribution in [3.05, 3.63) is 90.0 Å². The maximum Gasteiger partial charge on any atom is 0.254 e. The van der Waals surface area contributed by atoms with Gasteiger partial charge in [0.05, 0.1) is 24.3 Å². The highest BCUT2D eigenvalue weighted by Crippen LogP contribution is 2.37. The molecule has 0 aliphatic carbocycles. The smallest absolute Gasteiger partial charge is 0.254 e. The molecule has 3 amide bonds. The van der Waals surface area contributed by atoms with Gasteiger partial charge in [0.1, 0.15) is 0 Å². The number of morpholine rings is 1. The number of anilines is 1. The minimum Gasteiger partial charge on any atom is -0.378 e. The third-order valence-corrected chi connectivity index (χ3v) is 6.91. The Balaban J connectivity index is 1.58. The van der Waals surface area contributed by atoms with Crippen LogP contribution in [0.2, 0.25) is 0 Å². The summed E-state index contributed by atoms with van der Waals surface area (Å²) < 4.78 is 5.34. The van der Waals surface area contributed by atoms with E-state index in [0.717, 1.165) is 33.3 Å². The molecule has 1 aliphatic rings. The van der Waals surface area contributed by atoms with Crippen molar-refractivity contribution in [2.75, 3.05) is 31.6 Å². The van der Waals surface area contributed by atoms with Gasteiger partial charge in [-0.1, -0.05) is 36.9 Å². The summed E-state index contributed by atoms with van der Waals surface area (Å²) in [5, 5.41) is 3.59. The number of H-pyrrole nitrogens is 1. The molecule has 39 heavy (non-hydrogen) atoms. The number of hydrogen-bond acceptors (Lipinski definition) is 5. The minimum atomic E-state index is -0.558. The van der Waals surface area contributed by atoms with Crippen LogP contribution in [0.4, 0.5) is 5.69 Å². The first-order chi connectivity index (χ1) is 18.9. The normalized spacial score (nSPS) is 13.3. The Bertz CT molecular complexity index is 1580. The number of aromatic nitrogens is 1. The summed E-state index contributed by atoms with van der Waals surface area (Å²) in [6.45, 7) is 5.92. The van der Waals surface area contributed by atoms with Crippen molar-refractivity contribution < 1.29 is 19.1 Å². The average Bonchev–Trinajstić information content (AvgIpc) is 3.42. The van der Waals surface area contributed by atoms with E-state index in [4.69, 9.17) is 16.2 Å². The predicted molar refractivity (Wildman–Crippen MR) is 151 cm³/mol. The van der Waals surface area contributed by atoms with Crippen LogP contribution in [0.15, 0.2) is 73.3 Å². The Morgan fingerprint density at radius 1 is 1.03 bits per heavy atom. The maximum atomic E-state index is 12.9. The van der Waals surface area contributed by atoms with Crippen molar-refractivity contribution in [2.45, 2.75) is 6.54 Å². The number of ether oxygens (including phenoxy) is 1. The number of carbonyl (C=O) groups is 3. The molecule has 1 aliphatic heterocycles. The van der Waals surface area contributed by atoms with Gasteiger partial charge in [-0.25, -0.2) is 0 Å². The zero-order valence-corrected chi connectivity index (χ0v) is 21.3. The molecule has 0 atom stereocenters. The quantitative estimate of drug-likeness (QED) is 0.273. The van der Waals surface area contributed by atoms with E-state index in [1.54, 1.807) is 29.2 Å². The summed E-state index contributed by atoms with van der Waals surface area (Å²) in [6.07, 6.45) is 1.20. The first-order valence-electron chi connectivity index (χ1n) is 12.6. The number of carbonyl (C=O) groups excluding carboxylic acids is 3. The summed E-state index contributed by atoms with van der Waals surface area (Å²) >= 11 is 0. The van der Waals surface area contributed by atoms with Gasteiger partial charge in [0.15, 0.2) is 0 Å². The number of rotatable bonds is 7. The molecule has 0 saturated carbocycles. The van der Waals surface area contributed by atoms with Crippen molar-refractivity contribution in [3.8, 4) is 22.4 Å². The lowest BCUT2D eigenvalue weighted by atomic mass is 9.93. The molecule has 1 aromatic heterocycles. The number of fused-ring (bicyclic) bond motifs is 1. The van der Waals surface area contributed by atoms with Crippen LogP contribution in [0.1, 0.15) is 26.3 Å². The van der Waals surface area contributed by atoms with Gasteiger partial charge in [0, 0.05) is 42.0 Å². The summed E-state index contributed by atoms with van der Waals surface area (Å²) in [6, 6.07) is 18.3. The topological polar surface area (TPSA) is 144 Å². The summed E-state index contributed by atoms with van der Waals surface area (Å²) in [5.41, 5.74) is 17.9. The molecule has 9 heteroatoms. The first kappa shape index (κ1) is 25.9. The third kappa shape index (κ3) is 5.05. The largest absolute Gasteiger partial charge is 0.378 e. The van der Waals surface area contributed by atoms with Crippen molar-refractivity contribution in [2.24, 2.45) is 11.5 Å². The number of nitrogens with two attached hydrogens (primary N) is 2. The second-order valence-corrected chi connectivity index (χ2v) is 9.21. The van der Waals surface area contributed by atoms with Gasteiger partial charge < -0.3 is 31.4 Å². The minimum absolute atomic E-state index is 0.0301. The van der Waals surface area contributed by atoms with Gasteiger partial charge in [-0.3, -0.25) is 14.4 Å². The highest BCUT2D eigenvalue weighted by Gasteiger charge is 2.20. The van der Waals surface area contributed by atoms with Gasteiger partial charge in [-0.15, -0.1) is 0 Å². The molecule has 4 aromatic rings. The summed E-state index contributed by atoms with van der Waals surface area (Å²) in [4.78, 5) is 42.3. The monoisotopic (exact) mass is 523 g/mol. The van der Waals surface area contributed by atoms with Crippen molar-refractivity contribution >= 4 is 34.3 Å². The second kappa shape index (κ2) is 10.9. The Hall–Kier alpha value is -4.73. The van der Waals surface area contributed by atoms with E-state index in [0.29, 0.717) is 48.6 Å². The number of benzene rings is 3. The number of nitrogens with one attached hydrogen (secondary N) is 2. The Kier molecular flexibility index (Phi) is 7.27. The van der Waals surface area contributed by atoms with Crippen LogP contribution in [-0.2, 0) is 16.1 Å². The first-order valence-corrected chi connectivity index (χ1v) is 12.6. The lowest BCUT2D eigenvalue weighted by Crippen LogP contribution is -2.40. The van der Waals surface area contributed by atoms with Crippen LogP contribution < -0.4 is 16.8 Å². The van der Waals surface area contributed by atoms with Crippen LogP contribution in [0.25, 0.3) is 33.3 Å². The predicted octanol–water partition coefficient (Wildman–Crippen LogP) is 3.66. The standard InChI is InChI=1S/C30H29N5O4/c1-2-27(36)33-25-5-3-4-20(24(25)17-31)21-10-11-22(29(32)37)28-23(21)16-26(34-28)18-6-8-19(9-7-18)30(38)35-12-14-39-15-13-35/h2-11,16,34H,1,12-15,17,31H2,(H2,32,37)(H,33,36). The van der Waals surface area contributed by atoms with Gasteiger partial charge in [-0.2, -0.15) is 0 Å². The summed E-state index contributed by atoms with van der Waals surface area (Å²) in [7, 11) is 0. The fraction of sp³-hybridized carbons (Fsp3) is 0.167. The highest BCUT2D eigenvalue weighted by atomic mass is 16.5. The molecule has 0 radical (unpaired) electrons. The molecular weight excluding hydrogens is 494 g/mol. The lowest BCUT2D eigenvalue weighted by Gasteiger charge is -2.26. The van der Waals surface area contributed by atoms with E-state index in [1.165, 1.54) is 6.08 Å².